The highest BCUT2D eigenvalue weighted by Gasteiger charge is 2.17. The van der Waals surface area contributed by atoms with E-state index < -0.39 is 12.5 Å². The third-order valence-electron chi connectivity index (χ3n) is 2.25. The summed E-state index contributed by atoms with van der Waals surface area (Å²) in [4.78, 5) is 0. The third-order valence-corrected chi connectivity index (χ3v) is 2.25. The van der Waals surface area contributed by atoms with Crippen molar-refractivity contribution in [2.24, 2.45) is 0 Å². The lowest BCUT2D eigenvalue weighted by Crippen LogP contribution is -2.34. The second kappa shape index (κ2) is 5.05. The van der Waals surface area contributed by atoms with Crippen molar-refractivity contribution in [3.63, 3.8) is 0 Å². The Morgan fingerprint density at radius 1 is 1.21 bits per heavy atom. The van der Waals surface area contributed by atoms with Crippen LogP contribution in [0.25, 0.3) is 0 Å². The van der Waals surface area contributed by atoms with Crippen molar-refractivity contribution in [1.29, 1.82) is 0 Å². The molecule has 14 heavy (non-hydrogen) atoms. The molecule has 1 N–H and O–H groups in total. The van der Waals surface area contributed by atoms with Gasteiger partial charge in [-0.15, -0.1) is 0 Å². The highest BCUT2D eigenvalue weighted by atomic mass is 19.3. The number of hydrogen-bond donors (Lipinski definition) is 1. The number of nitrogens with one attached hydrogen (secondary N) is 1. The average molecular weight is 199 g/mol. The molecule has 1 aromatic rings. The summed E-state index contributed by atoms with van der Waals surface area (Å²) < 4.78 is 24.8. The quantitative estimate of drug-likeness (QED) is 0.785. The lowest BCUT2D eigenvalue weighted by molar-refractivity contribution is 0.102. The molecule has 0 amide bonds. The first-order valence-electron chi connectivity index (χ1n) is 4.64. The van der Waals surface area contributed by atoms with Gasteiger partial charge in [0.05, 0.1) is 6.04 Å². The number of likely N-dealkylation sites (N-methyl/N-ethyl adjacent to an activating group) is 1. The Morgan fingerprint density at radius 2 is 1.79 bits per heavy atom. The van der Waals surface area contributed by atoms with Gasteiger partial charge in [0, 0.05) is 0 Å². The van der Waals surface area contributed by atoms with Crippen LogP contribution in [0.3, 0.4) is 0 Å². The van der Waals surface area contributed by atoms with Crippen molar-refractivity contribution in [2.75, 3.05) is 7.05 Å². The monoisotopic (exact) mass is 199 g/mol. The fourth-order valence-electron chi connectivity index (χ4n) is 1.30. The van der Waals surface area contributed by atoms with Crippen molar-refractivity contribution >= 4 is 0 Å². The first-order chi connectivity index (χ1) is 6.63. The largest absolute Gasteiger partial charge is 0.312 e. The van der Waals surface area contributed by atoms with E-state index in [1.165, 1.54) is 0 Å². The van der Waals surface area contributed by atoms with Gasteiger partial charge in [-0.1, -0.05) is 29.8 Å². The smallest absolute Gasteiger partial charge is 0.254 e. The second-order valence-corrected chi connectivity index (χ2v) is 3.42. The summed E-state index contributed by atoms with van der Waals surface area (Å²) in [6.45, 7) is 1.98. The van der Waals surface area contributed by atoms with Gasteiger partial charge in [-0.25, -0.2) is 8.78 Å². The van der Waals surface area contributed by atoms with E-state index in [1.807, 2.05) is 31.2 Å². The number of alkyl halides is 2. The Morgan fingerprint density at radius 3 is 2.21 bits per heavy atom. The first-order valence-corrected chi connectivity index (χ1v) is 4.64. The molecule has 0 saturated heterocycles. The van der Waals surface area contributed by atoms with Crippen LogP contribution in [0, 0.1) is 6.92 Å². The predicted octanol–water partition coefficient (Wildman–Crippen LogP) is 2.39. The Bertz CT molecular complexity index is 269. The van der Waals surface area contributed by atoms with Gasteiger partial charge in [0.25, 0.3) is 6.43 Å². The number of halogens is 2. The van der Waals surface area contributed by atoms with Gasteiger partial charge >= 0.3 is 0 Å². The van der Waals surface area contributed by atoms with Gasteiger partial charge < -0.3 is 5.32 Å². The van der Waals surface area contributed by atoms with Gasteiger partial charge in [0.2, 0.25) is 0 Å². The Hall–Kier alpha value is -0.960. The van der Waals surface area contributed by atoms with Crippen LogP contribution in [0.4, 0.5) is 8.78 Å². The molecule has 0 radical (unpaired) electrons. The van der Waals surface area contributed by atoms with Crippen LogP contribution in [-0.2, 0) is 6.42 Å². The second-order valence-electron chi connectivity index (χ2n) is 3.42. The average Bonchev–Trinajstić information content (AvgIpc) is 2.16. The zero-order valence-electron chi connectivity index (χ0n) is 8.43. The normalized spacial score (nSPS) is 13.2. The van der Waals surface area contributed by atoms with E-state index in [1.54, 1.807) is 7.05 Å². The maximum atomic E-state index is 12.4. The highest BCUT2D eigenvalue weighted by Crippen LogP contribution is 2.10. The van der Waals surface area contributed by atoms with Gasteiger partial charge in [-0.3, -0.25) is 0 Å². The van der Waals surface area contributed by atoms with E-state index in [0.29, 0.717) is 6.42 Å². The molecule has 0 bridgehead atoms. The number of rotatable bonds is 4. The third kappa shape index (κ3) is 3.07. The lowest BCUT2D eigenvalue weighted by atomic mass is 10.1. The van der Waals surface area contributed by atoms with Crippen LogP contribution in [0.2, 0.25) is 0 Å². The maximum Gasteiger partial charge on any atom is 0.254 e. The summed E-state index contributed by atoms with van der Waals surface area (Å²) in [6.07, 6.45) is -1.95. The van der Waals surface area contributed by atoms with Crippen LogP contribution >= 0.6 is 0 Å². The molecule has 0 heterocycles. The summed E-state index contributed by atoms with van der Waals surface area (Å²) in [5.74, 6) is 0. The fraction of sp³-hybridized carbons (Fsp3) is 0.455. The molecule has 0 aromatic heterocycles. The predicted molar refractivity (Wildman–Crippen MR) is 53.7 cm³/mol. The summed E-state index contributed by atoms with van der Waals surface area (Å²) in [5, 5.41) is 2.61. The van der Waals surface area contributed by atoms with Crippen LogP contribution in [-0.4, -0.2) is 19.5 Å². The van der Waals surface area contributed by atoms with E-state index >= 15 is 0 Å². The maximum absolute atomic E-state index is 12.4. The van der Waals surface area contributed by atoms with Gasteiger partial charge in [-0.2, -0.15) is 0 Å². The minimum absolute atomic E-state index is 0.369. The summed E-state index contributed by atoms with van der Waals surface area (Å²) in [6, 6.07) is 6.91. The zero-order valence-corrected chi connectivity index (χ0v) is 8.43. The molecule has 1 rings (SSSR count). The molecule has 0 aliphatic heterocycles. The van der Waals surface area contributed by atoms with E-state index in [2.05, 4.69) is 5.32 Å². The molecule has 0 spiro atoms. The Labute approximate surface area is 83.1 Å². The van der Waals surface area contributed by atoms with Crippen LogP contribution in [0.15, 0.2) is 24.3 Å². The Balaban J connectivity index is 2.63. The molecule has 1 nitrogen and oxygen atoms in total. The number of hydrogen-bond acceptors (Lipinski definition) is 1. The van der Waals surface area contributed by atoms with Gasteiger partial charge in [-0.05, 0) is 26.0 Å². The van der Waals surface area contributed by atoms with Crippen LogP contribution < -0.4 is 5.32 Å². The molecular weight excluding hydrogens is 184 g/mol. The minimum atomic E-state index is -2.32. The van der Waals surface area contributed by atoms with E-state index in [0.717, 1.165) is 11.1 Å². The van der Waals surface area contributed by atoms with Crippen LogP contribution in [0.5, 0.6) is 0 Å². The summed E-state index contributed by atoms with van der Waals surface area (Å²) in [5.41, 5.74) is 2.09. The molecule has 3 heteroatoms. The van der Waals surface area contributed by atoms with Crippen molar-refractivity contribution in [1.82, 2.24) is 5.32 Å². The molecule has 0 saturated carbocycles. The molecule has 78 valence electrons. The summed E-state index contributed by atoms with van der Waals surface area (Å²) in [7, 11) is 1.56. The fourth-order valence-corrected chi connectivity index (χ4v) is 1.30. The minimum Gasteiger partial charge on any atom is -0.312 e. The van der Waals surface area contributed by atoms with E-state index in [4.69, 9.17) is 0 Å². The molecule has 0 aliphatic rings. The van der Waals surface area contributed by atoms with Crippen molar-refractivity contribution in [3.05, 3.63) is 35.4 Å². The summed E-state index contributed by atoms with van der Waals surface area (Å²) >= 11 is 0. The van der Waals surface area contributed by atoms with Crippen molar-refractivity contribution in [3.8, 4) is 0 Å². The molecular formula is C11H15F2N. The van der Waals surface area contributed by atoms with E-state index in [9.17, 15) is 8.78 Å². The number of benzene rings is 1. The molecule has 1 unspecified atom stereocenters. The van der Waals surface area contributed by atoms with Gasteiger partial charge in [0.15, 0.2) is 0 Å². The Kier molecular flexibility index (Phi) is 4.01. The van der Waals surface area contributed by atoms with E-state index in [-0.39, 0.29) is 0 Å². The first kappa shape index (κ1) is 11.1. The van der Waals surface area contributed by atoms with Gasteiger partial charge in [0.1, 0.15) is 0 Å². The molecule has 1 aromatic carbocycles. The molecule has 0 aliphatic carbocycles. The van der Waals surface area contributed by atoms with Crippen molar-refractivity contribution in [2.45, 2.75) is 25.8 Å². The number of aryl methyl sites for hydroxylation is 1. The highest BCUT2D eigenvalue weighted by molar-refractivity contribution is 5.22. The molecule has 1 atom stereocenters. The van der Waals surface area contributed by atoms with Crippen molar-refractivity contribution < 1.29 is 8.78 Å². The SMILES string of the molecule is CNC(Cc1ccc(C)cc1)C(F)F. The molecule has 0 fully saturated rings. The topological polar surface area (TPSA) is 12.0 Å². The lowest BCUT2D eigenvalue weighted by Gasteiger charge is -2.14. The standard InChI is InChI=1S/C11H15F2N/c1-8-3-5-9(6-4-8)7-10(14-2)11(12)13/h3-6,10-11,14H,7H2,1-2H3. The van der Waals surface area contributed by atoms with Crippen LogP contribution in [0.1, 0.15) is 11.1 Å². The zero-order chi connectivity index (χ0) is 10.6.